The van der Waals surface area contributed by atoms with Crippen LogP contribution in [0.3, 0.4) is 0 Å². The number of carboxylic acid groups (broad SMARTS) is 2. The summed E-state index contributed by atoms with van der Waals surface area (Å²) in [6.07, 6.45) is -3.04. The molecule has 460 valence electrons. The number of nitrogens with zero attached hydrogens (tertiary/aromatic N) is 7. The Hall–Kier alpha value is -5.97. The molecule has 0 saturated carbocycles. The lowest BCUT2D eigenvalue weighted by molar-refractivity contribution is -0.141. The number of para-hydroxylation sites is 2. The van der Waals surface area contributed by atoms with Crippen LogP contribution in [0.2, 0.25) is 5.02 Å². The second kappa shape index (κ2) is 40.3. The van der Waals surface area contributed by atoms with E-state index in [1.54, 1.807) is 47.2 Å². The predicted molar refractivity (Wildman–Crippen MR) is 296 cm³/mol. The fraction of sp³-hybridized carbons (Fsp3) is 0.582. The molecule has 2 amide bonds. The molecule has 83 heavy (non-hydrogen) atoms. The standard InChI is InChI=1S/C55H76ClF3N8O16/c1-63(54(74)43-6-7-47(56)45(36-43)46-39-62-50(55(57,58)59)37-44(46)38-60)48-4-2-3-5-49(48)83-35-34-82-33-32-81-31-30-80-29-28-79-27-26-78-25-24-77-23-22-76-21-20-75-19-8-61-51(69)40-65-11-9-64(17-18-68)10-12-66(41-52(70)71)15-16-67(14-13-65)42-53(72)73/h2-7,18,36-37,39H,8-17,19-35,40-42H2,1H3,(H,61,69)(H,70,71)(H,72,73). The molecule has 1 aliphatic heterocycles. The zero-order chi connectivity index (χ0) is 60.1. The van der Waals surface area contributed by atoms with E-state index in [-0.39, 0.29) is 85.7 Å². The van der Waals surface area contributed by atoms with Gasteiger partial charge in [0.15, 0.2) is 0 Å². The number of carboxylic acids is 2. The molecule has 0 aliphatic carbocycles. The number of hydrogen-bond acceptors (Lipinski definition) is 20. The number of ether oxygens (including phenoxy) is 9. The molecule has 28 heteroatoms. The Kier molecular flexibility index (Phi) is 33.8. The molecular weight excluding hydrogens is 1120 g/mol. The molecule has 24 nitrogen and oxygen atoms in total. The highest BCUT2D eigenvalue weighted by Crippen LogP contribution is 2.36. The van der Waals surface area contributed by atoms with Gasteiger partial charge in [-0.2, -0.15) is 18.4 Å². The summed E-state index contributed by atoms with van der Waals surface area (Å²) in [6, 6.07) is 13.6. The maximum atomic E-state index is 13.6. The summed E-state index contributed by atoms with van der Waals surface area (Å²) in [7, 11) is 1.55. The van der Waals surface area contributed by atoms with Gasteiger partial charge >= 0.3 is 18.1 Å². The number of nitriles is 1. The van der Waals surface area contributed by atoms with Crippen molar-refractivity contribution in [2.24, 2.45) is 0 Å². The van der Waals surface area contributed by atoms with Crippen molar-refractivity contribution >= 4 is 47.3 Å². The largest absolute Gasteiger partial charge is 0.489 e. The average Bonchev–Trinajstić information content (AvgIpc) is 3.66. The molecule has 3 aromatic rings. The fourth-order valence-electron chi connectivity index (χ4n) is 8.04. The molecule has 0 bridgehead atoms. The van der Waals surface area contributed by atoms with Gasteiger partial charge in [0.1, 0.15) is 24.3 Å². The highest BCUT2D eigenvalue weighted by Gasteiger charge is 2.33. The van der Waals surface area contributed by atoms with Crippen molar-refractivity contribution in [2.45, 2.75) is 6.18 Å². The molecule has 1 aliphatic rings. The third-order valence-electron chi connectivity index (χ3n) is 12.4. The molecule has 1 fully saturated rings. The second-order valence-electron chi connectivity index (χ2n) is 18.4. The van der Waals surface area contributed by atoms with Crippen molar-refractivity contribution in [3.8, 4) is 22.9 Å². The van der Waals surface area contributed by atoms with E-state index < -0.39 is 29.7 Å². The Morgan fingerprint density at radius 2 is 1.10 bits per heavy atom. The molecule has 3 N–H and O–H groups in total. The minimum absolute atomic E-state index is 0.0493. The number of benzene rings is 2. The smallest absolute Gasteiger partial charge is 0.433 e. The predicted octanol–water partition coefficient (Wildman–Crippen LogP) is 2.79. The molecule has 0 unspecified atom stereocenters. The second-order valence-corrected chi connectivity index (χ2v) is 18.8. The van der Waals surface area contributed by atoms with Gasteiger partial charge in [0.2, 0.25) is 5.91 Å². The molecule has 0 spiro atoms. The van der Waals surface area contributed by atoms with E-state index in [0.717, 1.165) is 12.5 Å². The Morgan fingerprint density at radius 1 is 0.651 bits per heavy atom. The Balaban J connectivity index is 0.929. The maximum absolute atomic E-state index is 13.6. The van der Waals surface area contributed by atoms with Crippen molar-refractivity contribution < 1.29 is 90.0 Å². The number of carbonyl (C=O) groups is 5. The number of pyridine rings is 1. The van der Waals surface area contributed by atoms with Gasteiger partial charge in [-0.1, -0.05) is 23.7 Å². The normalized spacial score (nSPS) is 14.3. The van der Waals surface area contributed by atoms with Gasteiger partial charge in [-0.15, -0.1) is 0 Å². The molecule has 0 atom stereocenters. The summed E-state index contributed by atoms with van der Waals surface area (Å²) in [5, 5.41) is 31.3. The van der Waals surface area contributed by atoms with Gasteiger partial charge in [0.05, 0.1) is 149 Å². The van der Waals surface area contributed by atoms with Crippen LogP contribution in [0.25, 0.3) is 11.1 Å². The first-order valence-electron chi connectivity index (χ1n) is 27.0. The highest BCUT2D eigenvalue weighted by molar-refractivity contribution is 6.33. The fourth-order valence-corrected chi connectivity index (χ4v) is 8.26. The summed E-state index contributed by atoms with van der Waals surface area (Å²) in [5.41, 5.74) is -0.685. The van der Waals surface area contributed by atoms with E-state index in [1.807, 2.05) is 9.80 Å². The average molecular weight is 1200 g/mol. The molecule has 2 heterocycles. The number of hydrogen-bond donors (Lipinski definition) is 3. The van der Waals surface area contributed by atoms with Gasteiger partial charge in [-0.05, 0) is 36.4 Å². The third kappa shape index (κ3) is 28.4. The van der Waals surface area contributed by atoms with E-state index in [4.69, 9.17) is 54.2 Å². The van der Waals surface area contributed by atoms with Crippen LogP contribution in [-0.2, 0) is 63.2 Å². The zero-order valence-electron chi connectivity index (χ0n) is 46.7. The van der Waals surface area contributed by atoms with Crippen LogP contribution in [0.4, 0.5) is 18.9 Å². The number of aliphatic carboxylic acids is 2. The lowest BCUT2D eigenvalue weighted by Crippen LogP contribution is -2.49. The van der Waals surface area contributed by atoms with E-state index in [2.05, 4.69) is 10.3 Å². The minimum atomic E-state index is -4.75. The quantitative estimate of drug-likeness (QED) is 0.0547. The summed E-state index contributed by atoms with van der Waals surface area (Å²) in [6.45, 7) is 9.22. The number of amides is 2. The van der Waals surface area contributed by atoms with Crippen LogP contribution in [0.15, 0.2) is 54.7 Å². The van der Waals surface area contributed by atoms with Crippen LogP contribution < -0.4 is 15.0 Å². The van der Waals surface area contributed by atoms with Gasteiger partial charge < -0.3 is 67.9 Å². The molecule has 1 saturated heterocycles. The van der Waals surface area contributed by atoms with Crippen LogP contribution >= 0.6 is 11.6 Å². The number of carbonyl (C=O) groups excluding carboxylic acids is 3. The number of halogens is 4. The molecule has 2 aromatic carbocycles. The van der Waals surface area contributed by atoms with Crippen molar-refractivity contribution in [1.82, 2.24) is 29.9 Å². The third-order valence-corrected chi connectivity index (χ3v) is 12.7. The number of anilines is 1. The summed E-state index contributed by atoms with van der Waals surface area (Å²) < 4.78 is 90.0. The highest BCUT2D eigenvalue weighted by atomic mass is 35.5. The van der Waals surface area contributed by atoms with Crippen molar-refractivity contribution in [3.63, 3.8) is 0 Å². The monoisotopic (exact) mass is 1200 g/mol. The van der Waals surface area contributed by atoms with Crippen molar-refractivity contribution in [2.75, 3.05) is 209 Å². The maximum Gasteiger partial charge on any atom is 0.433 e. The Labute approximate surface area is 486 Å². The lowest BCUT2D eigenvalue weighted by Gasteiger charge is -2.32. The van der Waals surface area contributed by atoms with Gasteiger partial charge in [-0.25, -0.2) is 0 Å². The molecule has 1 aromatic heterocycles. The van der Waals surface area contributed by atoms with Crippen LogP contribution in [0.1, 0.15) is 21.6 Å². The summed E-state index contributed by atoms with van der Waals surface area (Å²) in [5.74, 6) is -2.26. The SMILES string of the molecule is CN(C(=O)c1ccc(Cl)c(-c2cnc(C(F)(F)F)cc2C#N)c1)c1ccccc1OCCOCCOCCOCCOCCOCCOCCOCCOCCNC(=O)CN1CCN(CC=O)CCN(CC(=O)O)CCN(CC(=O)O)CC1. The number of alkyl halides is 3. The van der Waals surface area contributed by atoms with Crippen LogP contribution in [0, 0.1) is 11.3 Å². The van der Waals surface area contributed by atoms with Crippen molar-refractivity contribution in [1.29, 1.82) is 5.26 Å². The molecule has 4 rings (SSSR count). The summed E-state index contributed by atoms with van der Waals surface area (Å²) in [4.78, 5) is 72.8. The number of nitrogens with one attached hydrogen (secondary N) is 1. The number of aromatic nitrogens is 1. The first-order valence-corrected chi connectivity index (χ1v) is 27.4. The van der Waals surface area contributed by atoms with Crippen molar-refractivity contribution in [3.05, 3.63) is 76.6 Å². The lowest BCUT2D eigenvalue weighted by atomic mass is 9.99. The number of aldehydes is 1. The zero-order valence-corrected chi connectivity index (χ0v) is 47.5. The van der Waals surface area contributed by atoms with Gasteiger partial charge in [0.25, 0.3) is 5.91 Å². The molecule has 0 radical (unpaired) electrons. The van der Waals surface area contributed by atoms with Gasteiger partial charge in [0, 0.05) is 93.9 Å². The van der Waals surface area contributed by atoms with E-state index in [0.29, 0.717) is 162 Å². The van der Waals surface area contributed by atoms with Crippen LogP contribution in [0.5, 0.6) is 5.75 Å². The first-order chi connectivity index (χ1) is 40.1. The summed E-state index contributed by atoms with van der Waals surface area (Å²) >= 11 is 6.37. The van der Waals surface area contributed by atoms with E-state index in [9.17, 15) is 52.6 Å². The Bertz CT molecular complexity index is 2460. The van der Waals surface area contributed by atoms with E-state index in [1.165, 1.54) is 23.1 Å². The Morgan fingerprint density at radius 3 is 1.55 bits per heavy atom. The van der Waals surface area contributed by atoms with E-state index >= 15 is 0 Å². The number of rotatable bonds is 39. The molecular formula is C55H76ClF3N8O16. The van der Waals surface area contributed by atoms with Gasteiger partial charge in [-0.3, -0.25) is 43.8 Å². The minimum Gasteiger partial charge on any atom is -0.489 e. The van der Waals surface area contributed by atoms with Crippen LogP contribution in [-0.4, -0.2) is 269 Å². The first kappa shape index (κ1) is 69.5. The topological polar surface area (TPSA) is 274 Å².